The third-order valence-corrected chi connectivity index (χ3v) is 10.9. The van der Waals surface area contributed by atoms with Crippen LogP contribution in [0.4, 0.5) is 0 Å². The van der Waals surface area contributed by atoms with Crippen LogP contribution in [0.1, 0.15) is 245 Å². The van der Waals surface area contributed by atoms with Crippen LogP contribution in [0.2, 0.25) is 0 Å². The number of rotatable bonds is 44. The Morgan fingerprint density at radius 3 is 1.41 bits per heavy atom. The second-order valence-electron chi connectivity index (χ2n) is 16.4. The second-order valence-corrected chi connectivity index (χ2v) is 16.4. The lowest BCUT2D eigenvalue weighted by Crippen LogP contribution is -2.45. The lowest BCUT2D eigenvalue weighted by atomic mass is 10.0. The highest BCUT2D eigenvalue weighted by Crippen LogP contribution is 2.15. The average molecular weight is 788 g/mol. The van der Waals surface area contributed by atoms with Crippen molar-refractivity contribution in [2.24, 2.45) is 0 Å². The summed E-state index contributed by atoms with van der Waals surface area (Å²) in [7, 11) is 0. The van der Waals surface area contributed by atoms with Gasteiger partial charge in [-0.05, 0) is 89.9 Å². The maximum Gasteiger partial charge on any atom is 0.305 e. The maximum atomic E-state index is 12.4. The van der Waals surface area contributed by atoms with Gasteiger partial charge in [0.15, 0.2) is 0 Å². The molecule has 1 amide bonds. The summed E-state index contributed by atoms with van der Waals surface area (Å²) >= 11 is 0. The number of aliphatic hydroxyl groups excluding tert-OH is 2. The van der Waals surface area contributed by atoms with E-state index in [0.717, 1.165) is 89.9 Å². The normalized spacial score (nSPS) is 13.0. The van der Waals surface area contributed by atoms with Crippen molar-refractivity contribution in [2.45, 2.75) is 257 Å². The van der Waals surface area contributed by atoms with Gasteiger partial charge in [-0.25, -0.2) is 0 Å². The van der Waals surface area contributed by atoms with E-state index in [0.29, 0.717) is 25.9 Å². The topological polar surface area (TPSA) is 95.9 Å². The molecule has 0 bridgehead atoms. The molecule has 0 heterocycles. The summed E-state index contributed by atoms with van der Waals surface area (Å²) in [6.07, 6.45) is 53.9. The summed E-state index contributed by atoms with van der Waals surface area (Å²) in [5.41, 5.74) is 0. The van der Waals surface area contributed by atoms with E-state index in [1.807, 2.05) is 0 Å². The number of esters is 1. The predicted molar refractivity (Wildman–Crippen MR) is 241 cm³/mol. The first-order valence-corrected chi connectivity index (χ1v) is 24.2. The molecule has 0 spiro atoms. The number of hydrogen-bond donors (Lipinski definition) is 3. The minimum Gasteiger partial charge on any atom is -0.466 e. The van der Waals surface area contributed by atoms with Crippen LogP contribution < -0.4 is 5.32 Å². The Bertz CT molecular complexity index is 915. The zero-order valence-electron chi connectivity index (χ0n) is 37.1. The van der Waals surface area contributed by atoms with Crippen LogP contribution in [0.5, 0.6) is 0 Å². The average Bonchev–Trinajstić information content (AvgIpc) is 3.20. The molecule has 0 aliphatic carbocycles. The number of ether oxygens (including phenoxy) is 1. The van der Waals surface area contributed by atoms with E-state index in [1.54, 1.807) is 0 Å². The van der Waals surface area contributed by atoms with Crippen LogP contribution in [0.3, 0.4) is 0 Å². The van der Waals surface area contributed by atoms with Crippen LogP contribution >= 0.6 is 0 Å². The Kier molecular flexibility index (Phi) is 44.2. The molecule has 0 saturated heterocycles. The van der Waals surface area contributed by atoms with E-state index in [-0.39, 0.29) is 18.5 Å². The van der Waals surface area contributed by atoms with Crippen molar-refractivity contribution in [1.82, 2.24) is 5.32 Å². The van der Waals surface area contributed by atoms with Crippen molar-refractivity contribution < 1.29 is 24.5 Å². The van der Waals surface area contributed by atoms with E-state index >= 15 is 0 Å². The zero-order valence-corrected chi connectivity index (χ0v) is 37.1. The van der Waals surface area contributed by atoms with E-state index < -0.39 is 12.1 Å². The van der Waals surface area contributed by atoms with Crippen LogP contribution in [0.15, 0.2) is 36.5 Å². The molecular formula is C50H93NO5. The molecule has 2 atom stereocenters. The molecular weight excluding hydrogens is 695 g/mol. The number of unbranched alkanes of at least 4 members (excludes halogenated alkanes) is 27. The highest BCUT2D eigenvalue weighted by Gasteiger charge is 2.20. The molecule has 6 heteroatoms. The molecule has 0 radical (unpaired) electrons. The fourth-order valence-electron chi connectivity index (χ4n) is 7.13. The van der Waals surface area contributed by atoms with Crippen molar-refractivity contribution in [3.05, 3.63) is 36.5 Å². The Morgan fingerprint density at radius 1 is 0.500 bits per heavy atom. The quantitative estimate of drug-likeness (QED) is 0.0325. The maximum absolute atomic E-state index is 12.4. The fourth-order valence-corrected chi connectivity index (χ4v) is 7.13. The fraction of sp³-hybridized carbons (Fsp3) is 0.840. The van der Waals surface area contributed by atoms with E-state index in [4.69, 9.17) is 4.74 Å². The second kappa shape index (κ2) is 45.8. The van der Waals surface area contributed by atoms with Gasteiger partial charge in [0, 0.05) is 12.8 Å². The van der Waals surface area contributed by atoms with Crippen molar-refractivity contribution in [2.75, 3.05) is 13.2 Å². The van der Waals surface area contributed by atoms with Gasteiger partial charge in [0.05, 0.1) is 25.4 Å². The Hall–Kier alpha value is -1.92. The van der Waals surface area contributed by atoms with E-state index in [9.17, 15) is 19.8 Å². The third kappa shape index (κ3) is 41.7. The van der Waals surface area contributed by atoms with Crippen molar-refractivity contribution in [1.29, 1.82) is 0 Å². The van der Waals surface area contributed by atoms with Crippen molar-refractivity contribution >= 4 is 11.9 Å². The summed E-state index contributed by atoms with van der Waals surface area (Å²) < 4.78 is 5.43. The van der Waals surface area contributed by atoms with Crippen LogP contribution in [0.25, 0.3) is 0 Å². The minimum absolute atomic E-state index is 0.0376. The number of allylic oxidation sites excluding steroid dienone is 6. The summed E-state index contributed by atoms with van der Waals surface area (Å²) in [6.45, 7) is 4.84. The number of carbonyl (C=O) groups is 2. The first-order chi connectivity index (χ1) is 27.5. The molecule has 0 aromatic carbocycles. The summed E-state index contributed by atoms with van der Waals surface area (Å²) in [5.74, 6) is -0.101. The van der Waals surface area contributed by atoms with Gasteiger partial charge in [-0.15, -0.1) is 0 Å². The SMILES string of the molecule is CCCCC/C=C\C/C=C\CCCCCCCC(=O)OCCCCC/C=C\CCCCCCCC(=O)NC(CO)C(O)CCCCCCCCCCCCCC. The number of carbonyl (C=O) groups excluding carboxylic acids is 2. The number of amides is 1. The molecule has 0 fully saturated rings. The molecule has 0 rings (SSSR count). The van der Waals surface area contributed by atoms with Gasteiger partial charge in [0.1, 0.15) is 0 Å². The van der Waals surface area contributed by atoms with Crippen LogP contribution in [-0.4, -0.2) is 47.4 Å². The summed E-state index contributed by atoms with van der Waals surface area (Å²) in [4.78, 5) is 24.4. The number of hydrogen-bond acceptors (Lipinski definition) is 5. The zero-order chi connectivity index (χ0) is 40.8. The Labute approximate surface area is 347 Å². The molecule has 3 N–H and O–H groups in total. The highest BCUT2D eigenvalue weighted by molar-refractivity contribution is 5.76. The molecule has 328 valence electrons. The lowest BCUT2D eigenvalue weighted by Gasteiger charge is -2.22. The smallest absolute Gasteiger partial charge is 0.305 e. The standard InChI is InChI=1S/C50H93NO5/c1-3-5-7-9-11-13-15-17-18-19-24-28-32-36-40-44-50(55)56-45-41-37-33-29-25-21-20-23-27-31-35-39-43-49(54)51-47(46-52)48(53)42-38-34-30-26-22-16-14-12-10-8-6-4-2/h11,13,17-18,21,25,47-48,52-53H,3-10,12,14-16,19-20,22-24,26-46H2,1-2H3,(H,51,54)/b13-11-,18-17-,25-21-. The number of nitrogens with one attached hydrogen (secondary N) is 1. The third-order valence-electron chi connectivity index (χ3n) is 10.9. The lowest BCUT2D eigenvalue weighted by molar-refractivity contribution is -0.143. The van der Waals surface area contributed by atoms with Crippen molar-refractivity contribution in [3.8, 4) is 0 Å². The first-order valence-electron chi connectivity index (χ1n) is 24.2. The first kappa shape index (κ1) is 54.1. The van der Waals surface area contributed by atoms with Crippen molar-refractivity contribution in [3.63, 3.8) is 0 Å². The van der Waals surface area contributed by atoms with Gasteiger partial charge >= 0.3 is 5.97 Å². The van der Waals surface area contributed by atoms with Gasteiger partial charge in [0.25, 0.3) is 0 Å². The molecule has 0 aromatic rings. The Balaban J connectivity index is 3.53. The molecule has 6 nitrogen and oxygen atoms in total. The van der Waals surface area contributed by atoms with E-state index in [2.05, 4.69) is 55.6 Å². The summed E-state index contributed by atoms with van der Waals surface area (Å²) in [5, 5.41) is 23.1. The largest absolute Gasteiger partial charge is 0.466 e. The molecule has 0 aromatic heterocycles. The highest BCUT2D eigenvalue weighted by atomic mass is 16.5. The van der Waals surface area contributed by atoms with Gasteiger partial charge in [0.2, 0.25) is 5.91 Å². The molecule has 2 unspecified atom stereocenters. The predicted octanol–water partition coefficient (Wildman–Crippen LogP) is 14.1. The minimum atomic E-state index is -0.680. The van der Waals surface area contributed by atoms with Crippen LogP contribution in [-0.2, 0) is 14.3 Å². The molecule has 0 aliphatic rings. The molecule has 0 aliphatic heterocycles. The van der Waals surface area contributed by atoms with E-state index in [1.165, 1.54) is 122 Å². The van der Waals surface area contributed by atoms with Gasteiger partial charge in [-0.2, -0.15) is 0 Å². The molecule has 0 saturated carbocycles. The monoisotopic (exact) mass is 788 g/mol. The van der Waals surface area contributed by atoms with Gasteiger partial charge in [-0.1, -0.05) is 179 Å². The Morgan fingerprint density at radius 2 is 0.893 bits per heavy atom. The van der Waals surface area contributed by atoms with Gasteiger partial charge in [-0.3, -0.25) is 9.59 Å². The van der Waals surface area contributed by atoms with Crippen LogP contribution in [0, 0.1) is 0 Å². The van der Waals surface area contributed by atoms with Gasteiger partial charge < -0.3 is 20.3 Å². The summed E-state index contributed by atoms with van der Waals surface area (Å²) in [6, 6.07) is -0.560. The number of aliphatic hydroxyl groups is 2. The molecule has 56 heavy (non-hydrogen) atoms.